The summed E-state index contributed by atoms with van der Waals surface area (Å²) in [5, 5.41) is 0. The first-order valence-corrected chi connectivity index (χ1v) is 6.77. The fourth-order valence-electron chi connectivity index (χ4n) is 1.70. The van der Waals surface area contributed by atoms with Crippen molar-refractivity contribution in [3.8, 4) is 5.75 Å². The molecule has 0 saturated heterocycles. The molecule has 2 rings (SSSR count). The zero-order chi connectivity index (χ0) is 10.9. The smallest absolute Gasteiger partial charge is 0.178 e. The second-order valence-corrected chi connectivity index (χ2v) is 5.90. The molecule has 15 heavy (non-hydrogen) atoms. The highest BCUT2D eigenvalue weighted by molar-refractivity contribution is 7.91. The van der Waals surface area contributed by atoms with Crippen LogP contribution in [0.3, 0.4) is 0 Å². The lowest BCUT2D eigenvalue weighted by Gasteiger charge is -2.17. The predicted molar refractivity (Wildman–Crippen MR) is 58.0 cm³/mol. The van der Waals surface area contributed by atoms with E-state index in [2.05, 4.69) is 0 Å². The van der Waals surface area contributed by atoms with E-state index in [9.17, 15) is 8.42 Å². The van der Waals surface area contributed by atoms with Crippen LogP contribution in [0.2, 0.25) is 0 Å². The van der Waals surface area contributed by atoms with E-state index in [4.69, 9.17) is 4.74 Å². The van der Waals surface area contributed by atoms with E-state index in [0.29, 0.717) is 4.90 Å². The van der Waals surface area contributed by atoms with E-state index in [1.807, 2.05) is 0 Å². The van der Waals surface area contributed by atoms with Crippen molar-refractivity contribution in [2.24, 2.45) is 0 Å². The third-order valence-electron chi connectivity index (χ3n) is 2.62. The van der Waals surface area contributed by atoms with Crippen LogP contribution in [0, 0.1) is 0 Å². The van der Waals surface area contributed by atoms with E-state index in [0.717, 1.165) is 30.8 Å². The minimum Gasteiger partial charge on any atom is -0.493 e. The van der Waals surface area contributed by atoms with Crippen molar-refractivity contribution in [1.82, 2.24) is 0 Å². The first kappa shape index (κ1) is 10.5. The van der Waals surface area contributed by atoms with Crippen molar-refractivity contribution in [3.05, 3.63) is 23.8 Å². The van der Waals surface area contributed by atoms with E-state index in [1.54, 1.807) is 25.1 Å². The molecule has 0 saturated carbocycles. The van der Waals surface area contributed by atoms with Gasteiger partial charge in [-0.3, -0.25) is 0 Å². The Balaban J connectivity index is 2.45. The van der Waals surface area contributed by atoms with Crippen molar-refractivity contribution in [2.45, 2.75) is 24.7 Å². The first-order valence-electron chi connectivity index (χ1n) is 5.12. The molecule has 0 aromatic heterocycles. The molecule has 1 aromatic rings. The molecule has 0 amide bonds. The molecule has 82 valence electrons. The molecule has 0 spiro atoms. The van der Waals surface area contributed by atoms with Gasteiger partial charge in [-0.05, 0) is 36.6 Å². The van der Waals surface area contributed by atoms with Gasteiger partial charge in [0.25, 0.3) is 0 Å². The molecule has 0 fully saturated rings. The quantitative estimate of drug-likeness (QED) is 0.772. The Kier molecular flexibility index (Phi) is 2.69. The number of benzene rings is 1. The second kappa shape index (κ2) is 3.85. The zero-order valence-electron chi connectivity index (χ0n) is 8.69. The molecule has 1 aromatic carbocycles. The van der Waals surface area contributed by atoms with Gasteiger partial charge in [-0.1, -0.05) is 6.92 Å². The van der Waals surface area contributed by atoms with Crippen LogP contribution >= 0.6 is 0 Å². The summed E-state index contributed by atoms with van der Waals surface area (Å²) in [7, 11) is -3.09. The average Bonchev–Trinajstić information content (AvgIpc) is 2.28. The molecule has 0 aliphatic carbocycles. The Morgan fingerprint density at radius 1 is 1.40 bits per heavy atom. The van der Waals surface area contributed by atoms with E-state index < -0.39 is 9.84 Å². The molecule has 4 heteroatoms. The maximum absolute atomic E-state index is 11.6. The van der Waals surface area contributed by atoms with Gasteiger partial charge in [-0.25, -0.2) is 8.42 Å². The van der Waals surface area contributed by atoms with E-state index in [-0.39, 0.29) is 5.75 Å². The highest BCUT2D eigenvalue weighted by atomic mass is 32.2. The molecule has 1 aliphatic rings. The molecule has 0 N–H and O–H groups in total. The maximum atomic E-state index is 11.6. The molecule has 0 radical (unpaired) electrons. The van der Waals surface area contributed by atoms with Crippen LogP contribution in [0.15, 0.2) is 23.1 Å². The molecular weight excluding hydrogens is 212 g/mol. The van der Waals surface area contributed by atoms with E-state index >= 15 is 0 Å². The summed E-state index contributed by atoms with van der Waals surface area (Å²) in [6.45, 7) is 2.39. The standard InChI is InChI=1S/C11H14O3S/c1-2-15(12,13)10-5-6-11-9(8-10)4-3-7-14-11/h5-6,8H,2-4,7H2,1H3. The highest BCUT2D eigenvalue weighted by Crippen LogP contribution is 2.27. The number of sulfone groups is 1. The minimum atomic E-state index is -3.09. The molecule has 1 heterocycles. The van der Waals surface area contributed by atoms with Gasteiger partial charge in [0.1, 0.15) is 5.75 Å². The van der Waals surface area contributed by atoms with Crippen molar-refractivity contribution < 1.29 is 13.2 Å². The van der Waals surface area contributed by atoms with Crippen LogP contribution in [-0.4, -0.2) is 20.8 Å². The predicted octanol–water partition coefficient (Wildman–Crippen LogP) is 1.81. The van der Waals surface area contributed by atoms with Crippen LogP contribution in [-0.2, 0) is 16.3 Å². The third-order valence-corrected chi connectivity index (χ3v) is 4.35. The van der Waals surface area contributed by atoms with Crippen LogP contribution in [0.4, 0.5) is 0 Å². The number of rotatable bonds is 2. The minimum absolute atomic E-state index is 0.145. The summed E-state index contributed by atoms with van der Waals surface area (Å²) < 4.78 is 28.7. The summed E-state index contributed by atoms with van der Waals surface area (Å²) in [6.07, 6.45) is 1.87. The lowest BCUT2D eigenvalue weighted by molar-refractivity contribution is 0.288. The fourth-order valence-corrected chi connectivity index (χ4v) is 2.63. The summed E-state index contributed by atoms with van der Waals surface area (Å²) in [5.41, 5.74) is 1.01. The van der Waals surface area contributed by atoms with Gasteiger partial charge in [0, 0.05) is 0 Å². The van der Waals surface area contributed by atoms with Gasteiger partial charge in [0.05, 0.1) is 17.3 Å². The number of aryl methyl sites for hydroxylation is 1. The van der Waals surface area contributed by atoms with Crippen molar-refractivity contribution in [1.29, 1.82) is 0 Å². The highest BCUT2D eigenvalue weighted by Gasteiger charge is 2.16. The second-order valence-electron chi connectivity index (χ2n) is 3.62. The molecule has 0 atom stereocenters. The topological polar surface area (TPSA) is 43.4 Å². The van der Waals surface area contributed by atoms with Crippen molar-refractivity contribution in [3.63, 3.8) is 0 Å². The maximum Gasteiger partial charge on any atom is 0.178 e. The largest absolute Gasteiger partial charge is 0.493 e. The van der Waals surface area contributed by atoms with Crippen LogP contribution in [0.5, 0.6) is 5.75 Å². The monoisotopic (exact) mass is 226 g/mol. The van der Waals surface area contributed by atoms with Gasteiger partial charge < -0.3 is 4.74 Å². The third kappa shape index (κ3) is 2.00. The number of hydrogen-bond donors (Lipinski definition) is 0. The number of hydrogen-bond acceptors (Lipinski definition) is 3. The van der Waals surface area contributed by atoms with Crippen molar-refractivity contribution >= 4 is 9.84 Å². The zero-order valence-corrected chi connectivity index (χ0v) is 9.51. The normalized spacial score (nSPS) is 15.5. The van der Waals surface area contributed by atoms with Crippen LogP contribution < -0.4 is 4.74 Å². The summed E-state index contributed by atoms with van der Waals surface area (Å²) >= 11 is 0. The number of ether oxygens (including phenoxy) is 1. The van der Waals surface area contributed by atoms with Gasteiger partial charge in [0.15, 0.2) is 9.84 Å². The lowest BCUT2D eigenvalue weighted by atomic mass is 10.1. The van der Waals surface area contributed by atoms with Crippen LogP contribution in [0.25, 0.3) is 0 Å². The van der Waals surface area contributed by atoms with Gasteiger partial charge in [-0.2, -0.15) is 0 Å². The Labute approximate surface area is 90.0 Å². The number of fused-ring (bicyclic) bond motifs is 1. The Morgan fingerprint density at radius 2 is 2.20 bits per heavy atom. The molecular formula is C11H14O3S. The Bertz CT molecular complexity index is 463. The Morgan fingerprint density at radius 3 is 2.93 bits per heavy atom. The van der Waals surface area contributed by atoms with Crippen LogP contribution in [0.1, 0.15) is 18.9 Å². The summed E-state index contributed by atoms with van der Waals surface area (Å²) in [5.74, 6) is 0.975. The molecule has 3 nitrogen and oxygen atoms in total. The first-order chi connectivity index (χ1) is 7.13. The van der Waals surface area contributed by atoms with Gasteiger partial charge >= 0.3 is 0 Å². The molecule has 0 bridgehead atoms. The molecule has 1 aliphatic heterocycles. The summed E-state index contributed by atoms with van der Waals surface area (Å²) in [6, 6.07) is 5.13. The van der Waals surface area contributed by atoms with E-state index in [1.165, 1.54) is 0 Å². The fraction of sp³-hybridized carbons (Fsp3) is 0.455. The Hall–Kier alpha value is -1.03. The average molecular weight is 226 g/mol. The molecule has 0 unspecified atom stereocenters. The van der Waals surface area contributed by atoms with Gasteiger partial charge in [0.2, 0.25) is 0 Å². The lowest BCUT2D eigenvalue weighted by Crippen LogP contribution is -2.10. The SMILES string of the molecule is CCS(=O)(=O)c1ccc2c(c1)CCCO2. The van der Waals surface area contributed by atoms with Crippen molar-refractivity contribution in [2.75, 3.05) is 12.4 Å². The summed E-state index contributed by atoms with van der Waals surface area (Å²) in [4.78, 5) is 0.411. The van der Waals surface area contributed by atoms with Gasteiger partial charge in [-0.15, -0.1) is 0 Å².